The first-order valence-electron chi connectivity index (χ1n) is 5.10. The number of nitrogens with zero attached hydrogens (tertiary/aromatic N) is 3. The molecule has 0 unspecified atom stereocenters. The molecule has 6 nitrogen and oxygen atoms in total. The van der Waals surface area contributed by atoms with Crippen LogP contribution < -0.4 is 10.3 Å². The number of benzene rings is 1. The van der Waals surface area contributed by atoms with E-state index in [1.807, 2.05) is 30.3 Å². The first kappa shape index (κ1) is 11.1. The molecule has 0 atom stereocenters. The molecule has 88 valence electrons. The summed E-state index contributed by atoms with van der Waals surface area (Å²) in [5, 5.41) is 18.8. The maximum Gasteiger partial charge on any atom is 0.266 e. The third kappa shape index (κ3) is 2.41. The molecule has 2 aromatic rings. The molecule has 1 aromatic carbocycles. The van der Waals surface area contributed by atoms with Crippen LogP contribution in [0.15, 0.2) is 40.1 Å². The van der Waals surface area contributed by atoms with Crippen LogP contribution in [-0.2, 0) is 0 Å². The number of nitrogens with one attached hydrogen (secondary N) is 1. The van der Waals surface area contributed by atoms with Crippen molar-refractivity contribution in [2.75, 3.05) is 5.43 Å². The van der Waals surface area contributed by atoms with Crippen LogP contribution in [-0.4, -0.2) is 10.9 Å². The number of hydrazone groups is 1. The quantitative estimate of drug-likeness (QED) is 0.493. The van der Waals surface area contributed by atoms with Gasteiger partial charge in [0.25, 0.3) is 5.69 Å². The van der Waals surface area contributed by atoms with Crippen LogP contribution in [0, 0.1) is 12.1 Å². The molecule has 2 rings (SSSR count). The molecule has 1 N–H and O–H groups in total. The summed E-state index contributed by atoms with van der Waals surface area (Å²) in [5.41, 5.74) is 5.16. The largest absolute Gasteiger partial charge is 0.359 e. The Labute approximate surface area is 98.1 Å². The van der Waals surface area contributed by atoms with E-state index in [0.29, 0.717) is 22.0 Å². The zero-order valence-corrected chi connectivity index (χ0v) is 9.54. The number of anilines is 1. The Morgan fingerprint density at radius 1 is 1.41 bits per heavy atom. The van der Waals surface area contributed by atoms with Gasteiger partial charge in [0.2, 0.25) is 5.69 Å². The molecule has 0 bridgehead atoms. The molecule has 0 amide bonds. The fraction of sp³-hybridized carbons (Fsp3) is 0.182. The zero-order valence-electron chi connectivity index (χ0n) is 9.54. The van der Waals surface area contributed by atoms with E-state index >= 15 is 0 Å². The van der Waals surface area contributed by atoms with E-state index in [9.17, 15) is 5.21 Å². The summed E-state index contributed by atoms with van der Waals surface area (Å²) in [7, 11) is 0. The van der Waals surface area contributed by atoms with E-state index in [1.165, 1.54) is 0 Å². The van der Waals surface area contributed by atoms with Crippen molar-refractivity contribution in [3.8, 4) is 0 Å². The molecule has 0 aliphatic heterocycles. The van der Waals surface area contributed by atoms with Crippen LogP contribution in [0.4, 0.5) is 5.69 Å². The second-order valence-corrected chi connectivity index (χ2v) is 3.54. The van der Waals surface area contributed by atoms with E-state index in [4.69, 9.17) is 0 Å². The number of hydrogen-bond acceptors (Lipinski definition) is 5. The fourth-order valence-electron chi connectivity index (χ4n) is 1.33. The van der Waals surface area contributed by atoms with Crippen LogP contribution >= 0.6 is 0 Å². The van der Waals surface area contributed by atoms with Gasteiger partial charge < -0.3 is 5.21 Å². The maximum atomic E-state index is 11.0. The van der Waals surface area contributed by atoms with E-state index in [-0.39, 0.29) is 0 Å². The van der Waals surface area contributed by atoms with Gasteiger partial charge in [0.1, 0.15) is 5.71 Å². The molecular weight excluding hydrogens is 220 g/mol. The maximum absolute atomic E-state index is 11.0. The zero-order chi connectivity index (χ0) is 12.3. The van der Waals surface area contributed by atoms with Gasteiger partial charge in [-0.3, -0.25) is 10.1 Å². The first-order valence-corrected chi connectivity index (χ1v) is 5.10. The topological polar surface area (TPSA) is 77.4 Å². The van der Waals surface area contributed by atoms with Crippen molar-refractivity contribution >= 4 is 11.4 Å². The Morgan fingerprint density at radius 2 is 2.12 bits per heavy atom. The molecule has 0 saturated carbocycles. The van der Waals surface area contributed by atoms with Gasteiger partial charge in [0.15, 0.2) is 0 Å². The third-order valence-electron chi connectivity index (χ3n) is 2.29. The molecule has 0 saturated heterocycles. The summed E-state index contributed by atoms with van der Waals surface area (Å²) in [4.78, 5) is 0.358. The molecule has 17 heavy (non-hydrogen) atoms. The Hall–Kier alpha value is -2.37. The molecule has 0 radical (unpaired) electrons. The minimum atomic E-state index is 0.358. The standard InChI is InChI=1S/C11H12N4O2/c1-8(11-9(2)15(16)17-14-11)12-13-10-6-4-3-5-7-10/h3-7,13H,1-2H3. The summed E-state index contributed by atoms with van der Waals surface area (Å²) in [6.45, 7) is 3.38. The lowest BCUT2D eigenvalue weighted by atomic mass is 10.2. The van der Waals surface area contributed by atoms with Gasteiger partial charge >= 0.3 is 0 Å². The minimum absolute atomic E-state index is 0.358. The predicted octanol–water partition coefficient (Wildman–Crippen LogP) is 1.45. The predicted molar refractivity (Wildman–Crippen MR) is 62.5 cm³/mol. The summed E-state index contributed by atoms with van der Waals surface area (Å²) in [6.07, 6.45) is 0. The highest BCUT2D eigenvalue weighted by atomic mass is 16.8. The molecule has 0 aliphatic carbocycles. The average Bonchev–Trinajstić information content (AvgIpc) is 2.69. The van der Waals surface area contributed by atoms with Crippen molar-refractivity contribution in [1.29, 1.82) is 0 Å². The molecular formula is C11H12N4O2. The van der Waals surface area contributed by atoms with E-state index in [0.717, 1.165) is 5.69 Å². The minimum Gasteiger partial charge on any atom is -0.359 e. The Balaban J connectivity index is 2.15. The van der Waals surface area contributed by atoms with Crippen molar-refractivity contribution in [1.82, 2.24) is 5.16 Å². The number of hydrogen-bond donors (Lipinski definition) is 1. The highest BCUT2D eigenvalue weighted by molar-refractivity contribution is 5.97. The van der Waals surface area contributed by atoms with Gasteiger partial charge in [-0.1, -0.05) is 18.2 Å². The first-order chi connectivity index (χ1) is 8.18. The van der Waals surface area contributed by atoms with Crippen LogP contribution in [0.2, 0.25) is 0 Å². The van der Waals surface area contributed by atoms with Crippen LogP contribution in [0.3, 0.4) is 0 Å². The van der Waals surface area contributed by atoms with Gasteiger partial charge in [-0.05, 0) is 24.0 Å². The van der Waals surface area contributed by atoms with Crippen molar-refractivity contribution in [2.24, 2.45) is 5.10 Å². The molecule has 6 heteroatoms. The molecule has 0 spiro atoms. The Bertz CT molecular complexity index is 534. The molecule has 0 fully saturated rings. The lowest BCUT2D eigenvalue weighted by molar-refractivity contribution is -0.806. The summed E-state index contributed by atoms with van der Waals surface area (Å²) < 4.78 is 4.47. The Morgan fingerprint density at radius 3 is 2.71 bits per heavy atom. The van der Waals surface area contributed by atoms with E-state index in [2.05, 4.69) is 20.3 Å². The number of aromatic nitrogens is 2. The Kier molecular flexibility index (Phi) is 3.04. The van der Waals surface area contributed by atoms with Crippen molar-refractivity contribution in [3.63, 3.8) is 0 Å². The van der Waals surface area contributed by atoms with Crippen LogP contribution in [0.1, 0.15) is 18.3 Å². The second-order valence-electron chi connectivity index (χ2n) is 3.54. The van der Waals surface area contributed by atoms with Gasteiger partial charge in [-0.15, -0.1) is 0 Å². The van der Waals surface area contributed by atoms with Crippen molar-refractivity contribution < 1.29 is 9.53 Å². The lowest BCUT2D eigenvalue weighted by Crippen LogP contribution is -2.26. The van der Waals surface area contributed by atoms with Gasteiger partial charge in [-0.2, -0.15) is 5.10 Å². The summed E-state index contributed by atoms with van der Waals surface area (Å²) >= 11 is 0. The normalized spacial score (nSPS) is 11.5. The van der Waals surface area contributed by atoms with Crippen LogP contribution in [0.25, 0.3) is 0 Å². The second kappa shape index (κ2) is 4.65. The monoisotopic (exact) mass is 232 g/mol. The number of rotatable bonds is 3. The van der Waals surface area contributed by atoms with Gasteiger partial charge in [-0.25, -0.2) is 0 Å². The lowest BCUT2D eigenvalue weighted by Gasteiger charge is -1.99. The fourth-order valence-corrected chi connectivity index (χ4v) is 1.33. The smallest absolute Gasteiger partial charge is 0.266 e. The molecule has 1 heterocycles. The molecule has 0 aliphatic rings. The highest BCUT2D eigenvalue weighted by Crippen LogP contribution is 2.06. The van der Waals surface area contributed by atoms with Crippen molar-refractivity contribution in [3.05, 3.63) is 46.9 Å². The average molecular weight is 232 g/mol. The van der Waals surface area contributed by atoms with Crippen LogP contribution in [0.5, 0.6) is 0 Å². The summed E-state index contributed by atoms with van der Waals surface area (Å²) in [5.74, 6) is 0. The van der Waals surface area contributed by atoms with Crippen molar-refractivity contribution in [2.45, 2.75) is 13.8 Å². The SMILES string of the molecule is CC(=NNc1ccccc1)c1no[n+]([O-])c1C. The van der Waals surface area contributed by atoms with Gasteiger partial charge in [0.05, 0.1) is 5.69 Å². The van der Waals surface area contributed by atoms with E-state index in [1.54, 1.807) is 13.8 Å². The third-order valence-corrected chi connectivity index (χ3v) is 2.29. The highest BCUT2D eigenvalue weighted by Gasteiger charge is 2.17. The van der Waals surface area contributed by atoms with E-state index < -0.39 is 0 Å². The number of para-hydroxylation sites is 1. The van der Waals surface area contributed by atoms with Gasteiger partial charge in [0, 0.05) is 12.1 Å². The summed E-state index contributed by atoms with van der Waals surface area (Å²) in [6, 6.07) is 9.50. The molecule has 1 aromatic heterocycles.